The van der Waals surface area contributed by atoms with Crippen molar-refractivity contribution in [2.45, 2.75) is 31.7 Å². The van der Waals surface area contributed by atoms with Gasteiger partial charge in [-0.15, -0.1) is 10.2 Å². The van der Waals surface area contributed by atoms with Crippen molar-refractivity contribution in [2.75, 3.05) is 0 Å². The van der Waals surface area contributed by atoms with Crippen LogP contribution < -0.4 is 11.2 Å². The monoisotopic (exact) mass is 494 g/mol. The van der Waals surface area contributed by atoms with Crippen molar-refractivity contribution in [1.82, 2.24) is 19.2 Å². The average molecular weight is 495 g/mol. The number of aryl methyl sites for hydroxylation is 3. The Morgan fingerprint density at radius 2 is 1.64 bits per heavy atom. The minimum absolute atomic E-state index is 0.145. The molecule has 0 aliphatic heterocycles. The highest BCUT2D eigenvalue weighted by atomic mass is 32.2. The molecule has 0 saturated carbocycles. The highest BCUT2D eigenvalue weighted by Gasteiger charge is 2.19. The van der Waals surface area contributed by atoms with Gasteiger partial charge in [-0.3, -0.25) is 9.20 Å². The van der Waals surface area contributed by atoms with E-state index in [4.69, 9.17) is 4.42 Å². The summed E-state index contributed by atoms with van der Waals surface area (Å²) in [6.45, 7) is 5.92. The molecule has 3 heterocycles. The number of nitrogens with zero attached hydrogens (tertiary/aromatic N) is 4. The molecule has 0 fully saturated rings. The summed E-state index contributed by atoms with van der Waals surface area (Å²) in [4.78, 5) is 25.9. The molecule has 6 rings (SSSR count). The molecule has 0 bridgehead atoms. The molecule has 0 atom stereocenters. The van der Waals surface area contributed by atoms with Crippen LogP contribution in [0.3, 0.4) is 0 Å². The van der Waals surface area contributed by atoms with E-state index in [1.807, 2.05) is 85.8 Å². The van der Waals surface area contributed by atoms with Crippen molar-refractivity contribution >= 4 is 39.4 Å². The van der Waals surface area contributed by atoms with E-state index in [9.17, 15) is 9.59 Å². The molecule has 0 aliphatic rings. The fourth-order valence-electron chi connectivity index (χ4n) is 4.59. The summed E-state index contributed by atoms with van der Waals surface area (Å²) in [6, 6.07) is 20.8. The Morgan fingerprint density at radius 1 is 0.861 bits per heavy atom. The maximum atomic E-state index is 13.6. The summed E-state index contributed by atoms with van der Waals surface area (Å²) in [5.74, 6) is 0.933. The fraction of sp³-hybridized carbons (Fsp3) is 0.143. The third-order valence-electron chi connectivity index (χ3n) is 6.63. The molecule has 3 aromatic heterocycles. The minimum Gasteiger partial charge on any atom is -0.422 e. The number of rotatable bonds is 4. The van der Waals surface area contributed by atoms with E-state index in [1.54, 1.807) is 4.57 Å². The van der Waals surface area contributed by atoms with Crippen LogP contribution in [0.4, 0.5) is 0 Å². The van der Waals surface area contributed by atoms with E-state index in [1.165, 1.54) is 17.8 Å². The van der Waals surface area contributed by atoms with Crippen molar-refractivity contribution in [2.24, 2.45) is 0 Å². The number of hydrogen-bond donors (Lipinski definition) is 0. The van der Waals surface area contributed by atoms with Gasteiger partial charge < -0.3 is 4.42 Å². The second kappa shape index (κ2) is 8.49. The van der Waals surface area contributed by atoms with E-state index in [2.05, 4.69) is 10.2 Å². The Bertz CT molecular complexity index is 1930. The van der Waals surface area contributed by atoms with Gasteiger partial charge in [0.05, 0.1) is 16.6 Å². The molecule has 0 amide bonds. The average Bonchev–Trinajstić information content (AvgIpc) is 3.30. The van der Waals surface area contributed by atoms with Gasteiger partial charge in [0.25, 0.3) is 5.56 Å². The summed E-state index contributed by atoms with van der Waals surface area (Å²) in [5, 5.41) is 11.0. The largest absolute Gasteiger partial charge is 0.422 e. The smallest absolute Gasteiger partial charge is 0.336 e. The molecule has 0 radical (unpaired) electrons. The van der Waals surface area contributed by atoms with E-state index in [0.29, 0.717) is 27.7 Å². The van der Waals surface area contributed by atoms with Crippen LogP contribution in [0.15, 0.2) is 85.9 Å². The normalized spacial score (nSPS) is 11.6. The molecule has 6 aromatic rings. The molecule has 0 N–H and O–H groups in total. The van der Waals surface area contributed by atoms with Gasteiger partial charge in [-0.05, 0) is 61.2 Å². The predicted octanol–water partition coefficient (Wildman–Crippen LogP) is 5.36. The highest BCUT2D eigenvalue weighted by Crippen LogP contribution is 2.30. The van der Waals surface area contributed by atoms with Crippen molar-refractivity contribution in [1.29, 1.82) is 0 Å². The Hall–Kier alpha value is -4.17. The first-order chi connectivity index (χ1) is 17.4. The van der Waals surface area contributed by atoms with Gasteiger partial charge in [0, 0.05) is 17.2 Å². The fourth-order valence-corrected chi connectivity index (χ4v) is 5.52. The van der Waals surface area contributed by atoms with Gasteiger partial charge in [-0.25, -0.2) is 9.36 Å². The van der Waals surface area contributed by atoms with Crippen LogP contribution in [-0.4, -0.2) is 19.2 Å². The van der Waals surface area contributed by atoms with Crippen LogP contribution in [0.2, 0.25) is 0 Å². The summed E-state index contributed by atoms with van der Waals surface area (Å²) < 4.78 is 9.06. The standard InChI is InChI=1S/C28H22N4O3S/c1-16-12-13-20-19(14-24(33)35-25(20)18(16)3)15-36-28-30-29-27-31(22-10-6-4-8-17(22)2)26(34)21-9-5-7-11-23(21)32(27)28/h4-14H,15H2,1-3H3. The predicted molar refractivity (Wildman–Crippen MR) is 142 cm³/mol. The molecule has 0 saturated heterocycles. The first kappa shape index (κ1) is 22.3. The molecule has 0 spiro atoms. The molecule has 8 heteroatoms. The van der Waals surface area contributed by atoms with Crippen LogP contribution >= 0.6 is 11.8 Å². The second-order valence-corrected chi connectivity index (χ2v) is 9.77. The lowest BCUT2D eigenvalue weighted by atomic mass is 10.0. The van der Waals surface area contributed by atoms with Crippen LogP contribution in [-0.2, 0) is 5.75 Å². The van der Waals surface area contributed by atoms with Crippen LogP contribution in [0.1, 0.15) is 22.3 Å². The molecule has 178 valence electrons. The Balaban J connectivity index is 1.54. The summed E-state index contributed by atoms with van der Waals surface area (Å²) in [5.41, 5.74) is 5.44. The van der Waals surface area contributed by atoms with Crippen molar-refractivity contribution in [3.05, 3.63) is 110 Å². The molecular weight excluding hydrogens is 472 g/mol. The number of hydrogen-bond acceptors (Lipinski definition) is 6. The minimum atomic E-state index is -0.378. The number of aromatic nitrogens is 4. The van der Waals surface area contributed by atoms with Gasteiger partial charge in [-0.2, -0.15) is 0 Å². The maximum absolute atomic E-state index is 13.6. The second-order valence-electron chi connectivity index (χ2n) is 8.83. The summed E-state index contributed by atoms with van der Waals surface area (Å²) in [7, 11) is 0. The molecule has 3 aromatic carbocycles. The number of benzene rings is 3. The Kier molecular flexibility index (Phi) is 5.26. The van der Waals surface area contributed by atoms with E-state index >= 15 is 0 Å². The SMILES string of the molecule is Cc1ccccc1-n1c(=O)c2ccccc2n2c(SCc3cc(=O)oc4c(C)c(C)ccc34)nnc12. The van der Waals surface area contributed by atoms with Crippen molar-refractivity contribution in [3.8, 4) is 5.69 Å². The quantitative estimate of drug-likeness (QED) is 0.242. The lowest BCUT2D eigenvalue weighted by molar-refractivity contribution is 0.557. The number of fused-ring (bicyclic) bond motifs is 4. The maximum Gasteiger partial charge on any atom is 0.336 e. The zero-order chi connectivity index (χ0) is 25.0. The summed E-state index contributed by atoms with van der Waals surface area (Å²) in [6.07, 6.45) is 0. The molecule has 36 heavy (non-hydrogen) atoms. The van der Waals surface area contributed by atoms with Gasteiger partial charge in [0.1, 0.15) is 5.58 Å². The molecule has 7 nitrogen and oxygen atoms in total. The highest BCUT2D eigenvalue weighted by molar-refractivity contribution is 7.98. The lowest BCUT2D eigenvalue weighted by Gasteiger charge is -2.13. The van der Waals surface area contributed by atoms with Gasteiger partial charge in [-0.1, -0.05) is 54.2 Å². The first-order valence-electron chi connectivity index (χ1n) is 11.5. The zero-order valence-corrected chi connectivity index (χ0v) is 20.8. The summed E-state index contributed by atoms with van der Waals surface area (Å²) >= 11 is 1.47. The third kappa shape index (κ3) is 3.45. The van der Waals surface area contributed by atoms with E-state index < -0.39 is 0 Å². The topological polar surface area (TPSA) is 82.4 Å². The van der Waals surface area contributed by atoms with Gasteiger partial charge in [0.15, 0.2) is 5.16 Å². The number of thioether (sulfide) groups is 1. The third-order valence-corrected chi connectivity index (χ3v) is 7.60. The zero-order valence-electron chi connectivity index (χ0n) is 20.0. The van der Waals surface area contributed by atoms with Crippen LogP contribution in [0.5, 0.6) is 0 Å². The van der Waals surface area contributed by atoms with Crippen LogP contribution in [0.25, 0.3) is 33.3 Å². The van der Waals surface area contributed by atoms with Crippen molar-refractivity contribution < 1.29 is 4.42 Å². The van der Waals surface area contributed by atoms with Crippen LogP contribution in [0, 0.1) is 20.8 Å². The first-order valence-corrected chi connectivity index (χ1v) is 12.5. The Labute approximate surface area is 210 Å². The number of para-hydroxylation sites is 2. The van der Waals surface area contributed by atoms with Gasteiger partial charge in [0.2, 0.25) is 5.78 Å². The molecule has 0 unspecified atom stereocenters. The molecule has 0 aliphatic carbocycles. The van der Waals surface area contributed by atoms with E-state index in [-0.39, 0.29) is 11.2 Å². The van der Waals surface area contributed by atoms with Crippen molar-refractivity contribution in [3.63, 3.8) is 0 Å². The lowest BCUT2D eigenvalue weighted by Crippen LogP contribution is -2.22. The van der Waals surface area contributed by atoms with Gasteiger partial charge >= 0.3 is 5.63 Å². The Morgan fingerprint density at radius 3 is 2.47 bits per heavy atom. The van der Waals surface area contributed by atoms with E-state index in [0.717, 1.165) is 38.8 Å². The molecular formula is C28H22N4O3S.